The lowest BCUT2D eigenvalue weighted by atomic mass is 10.3. The van der Waals surface area contributed by atoms with Gasteiger partial charge >= 0.3 is 5.97 Å². The van der Waals surface area contributed by atoms with Crippen LogP contribution in [0.1, 0.15) is 0 Å². The predicted octanol–water partition coefficient (Wildman–Crippen LogP) is 3.95. The highest BCUT2D eigenvalue weighted by Gasteiger charge is 2.28. The number of aliphatic imine (C=N–C) groups is 1. The molecular weight excluding hydrogens is 286 g/mol. The van der Waals surface area contributed by atoms with Gasteiger partial charge < -0.3 is 8.85 Å². The third kappa shape index (κ3) is 6.67. The van der Waals surface area contributed by atoms with Crippen molar-refractivity contribution >= 4 is 34.2 Å². The van der Waals surface area contributed by atoms with Crippen LogP contribution in [0.15, 0.2) is 35.3 Å². The number of hydrogen-bond acceptors (Lipinski definition) is 4. The van der Waals surface area contributed by atoms with E-state index in [0.29, 0.717) is 5.69 Å². The Morgan fingerprint density at radius 3 is 1.85 bits per heavy atom. The molecule has 0 saturated heterocycles. The van der Waals surface area contributed by atoms with Crippen molar-refractivity contribution in [2.75, 3.05) is 0 Å². The number of nitrogens with zero attached hydrogens (tertiary/aromatic N) is 1. The van der Waals surface area contributed by atoms with Crippen LogP contribution in [0.2, 0.25) is 39.3 Å². The lowest BCUT2D eigenvalue weighted by Gasteiger charge is -2.23. The van der Waals surface area contributed by atoms with E-state index in [1.54, 1.807) is 0 Å². The van der Waals surface area contributed by atoms with Crippen molar-refractivity contribution in [2.45, 2.75) is 39.3 Å². The first-order valence-electron chi connectivity index (χ1n) is 6.63. The summed E-state index contributed by atoms with van der Waals surface area (Å²) in [5.41, 5.74) is 0.688. The summed E-state index contributed by atoms with van der Waals surface area (Å²) in [6, 6.07) is 9.30. The van der Waals surface area contributed by atoms with E-state index in [1.165, 1.54) is 0 Å². The lowest BCUT2D eigenvalue weighted by molar-refractivity contribution is -0.128. The average molecular weight is 310 g/mol. The molecule has 0 aliphatic rings. The number of carbonyl (C=O) groups is 1. The second kappa shape index (κ2) is 6.36. The summed E-state index contributed by atoms with van der Waals surface area (Å²) in [6.07, 6.45) is 0. The smallest absolute Gasteiger partial charge is 0.379 e. The van der Waals surface area contributed by atoms with Crippen LogP contribution in [0, 0.1) is 0 Å². The Morgan fingerprint density at radius 1 is 0.900 bits per heavy atom. The third-order valence-electron chi connectivity index (χ3n) is 1.96. The van der Waals surface area contributed by atoms with Crippen molar-refractivity contribution in [3.63, 3.8) is 0 Å². The van der Waals surface area contributed by atoms with Crippen LogP contribution >= 0.6 is 0 Å². The molecule has 0 spiro atoms. The average Bonchev–Trinajstić information content (AvgIpc) is 2.25. The molecule has 110 valence electrons. The van der Waals surface area contributed by atoms with Crippen molar-refractivity contribution in [2.24, 2.45) is 4.99 Å². The van der Waals surface area contributed by atoms with Gasteiger partial charge in [0, 0.05) is 0 Å². The van der Waals surface area contributed by atoms with E-state index in [2.05, 4.69) is 4.99 Å². The quantitative estimate of drug-likeness (QED) is 0.482. The van der Waals surface area contributed by atoms with Crippen LogP contribution in [0.25, 0.3) is 0 Å². The minimum absolute atomic E-state index is 0.0674. The fraction of sp³-hybridized carbons (Fsp3) is 0.429. The normalized spacial score (nSPS) is 13.0. The Balaban J connectivity index is 3.03. The highest BCUT2D eigenvalue weighted by molar-refractivity contribution is 6.75. The molecule has 0 aliphatic carbocycles. The summed E-state index contributed by atoms with van der Waals surface area (Å²) in [6.45, 7) is 11.9. The van der Waals surface area contributed by atoms with Gasteiger partial charge in [0.25, 0.3) is 5.90 Å². The lowest BCUT2D eigenvalue weighted by Crippen LogP contribution is -2.38. The summed E-state index contributed by atoms with van der Waals surface area (Å²) in [4.78, 5) is 16.5. The Hall–Kier alpha value is -1.41. The third-order valence-corrected chi connectivity index (χ3v) is 3.57. The second-order valence-corrected chi connectivity index (χ2v) is 15.3. The Kier molecular flexibility index (Phi) is 5.30. The van der Waals surface area contributed by atoms with Crippen LogP contribution in [-0.2, 0) is 13.6 Å². The molecule has 20 heavy (non-hydrogen) atoms. The molecular formula is C14H23NO3Si2. The molecule has 0 fully saturated rings. The Bertz CT molecular complexity index is 487. The molecule has 0 radical (unpaired) electrons. The largest absolute Gasteiger partial charge is 0.526 e. The summed E-state index contributed by atoms with van der Waals surface area (Å²) in [7, 11) is -3.90. The number of hydrogen-bond donors (Lipinski definition) is 0. The van der Waals surface area contributed by atoms with Gasteiger partial charge in [-0.1, -0.05) is 18.2 Å². The van der Waals surface area contributed by atoms with Crippen LogP contribution in [0.4, 0.5) is 5.69 Å². The van der Waals surface area contributed by atoms with Crippen molar-refractivity contribution in [3.05, 3.63) is 30.3 Å². The van der Waals surface area contributed by atoms with E-state index in [0.717, 1.165) is 0 Å². The van der Waals surface area contributed by atoms with E-state index >= 15 is 0 Å². The first kappa shape index (κ1) is 16.6. The van der Waals surface area contributed by atoms with Crippen LogP contribution in [-0.4, -0.2) is 28.5 Å². The zero-order valence-electron chi connectivity index (χ0n) is 13.1. The number of carbonyl (C=O) groups excluding carboxylic acids is 1. The maximum absolute atomic E-state index is 12.2. The Morgan fingerprint density at radius 2 is 1.40 bits per heavy atom. The van der Waals surface area contributed by atoms with E-state index in [4.69, 9.17) is 8.85 Å². The predicted molar refractivity (Wildman–Crippen MR) is 87.4 cm³/mol. The van der Waals surface area contributed by atoms with E-state index < -0.39 is 22.6 Å². The molecule has 6 heteroatoms. The van der Waals surface area contributed by atoms with Crippen molar-refractivity contribution in [3.8, 4) is 0 Å². The maximum atomic E-state index is 12.2. The highest BCUT2D eigenvalue weighted by Crippen LogP contribution is 2.15. The molecule has 0 N–H and O–H groups in total. The van der Waals surface area contributed by atoms with Crippen LogP contribution in [0.3, 0.4) is 0 Å². The molecule has 1 rings (SSSR count). The molecule has 0 saturated carbocycles. The minimum atomic E-state index is -1.97. The molecule has 0 bridgehead atoms. The molecule has 1 aromatic rings. The zero-order valence-corrected chi connectivity index (χ0v) is 15.1. The fourth-order valence-corrected chi connectivity index (χ4v) is 2.69. The molecule has 0 amide bonds. The van der Waals surface area contributed by atoms with E-state index in [-0.39, 0.29) is 5.90 Å². The van der Waals surface area contributed by atoms with Crippen LogP contribution < -0.4 is 0 Å². The summed E-state index contributed by atoms with van der Waals surface area (Å²) < 4.78 is 11.3. The highest BCUT2D eigenvalue weighted by atomic mass is 28.4. The van der Waals surface area contributed by atoms with Crippen molar-refractivity contribution in [1.82, 2.24) is 0 Å². The van der Waals surface area contributed by atoms with Gasteiger partial charge in [-0.2, -0.15) is 0 Å². The van der Waals surface area contributed by atoms with Crippen molar-refractivity contribution < 1.29 is 13.6 Å². The topological polar surface area (TPSA) is 47.9 Å². The monoisotopic (exact) mass is 309 g/mol. The second-order valence-electron chi connectivity index (χ2n) is 6.47. The van der Waals surface area contributed by atoms with Gasteiger partial charge in [-0.05, 0) is 51.4 Å². The van der Waals surface area contributed by atoms with Gasteiger partial charge in [-0.25, -0.2) is 9.79 Å². The van der Waals surface area contributed by atoms with Crippen LogP contribution in [0.5, 0.6) is 0 Å². The first-order chi connectivity index (χ1) is 9.07. The van der Waals surface area contributed by atoms with Crippen molar-refractivity contribution in [1.29, 1.82) is 0 Å². The summed E-state index contributed by atoms with van der Waals surface area (Å²) >= 11 is 0. The van der Waals surface area contributed by atoms with Gasteiger partial charge in [0.15, 0.2) is 0 Å². The fourth-order valence-electron chi connectivity index (χ4n) is 1.34. The molecule has 0 aliphatic heterocycles. The Labute approximate surface area is 123 Å². The molecule has 0 aromatic heterocycles. The number of para-hydroxylation sites is 1. The van der Waals surface area contributed by atoms with Gasteiger partial charge in [0.1, 0.15) is 0 Å². The minimum Gasteiger partial charge on any atom is -0.526 e. The molecule has 0 unspecified atom stereocenters. The van der Waals surface area contributed by atoms with Gasteiger partial charge in [0.05, 0.1) is 5.69 Å². The SMILES string of the molecule is C[Si](C)(C)OC(=O)C(=Nc1ccccc1)O[Si](C)(C)C. The van der Waals surface area contributed by atoms with Gasteiger partial charge in [0.2, 0.25) is 16.6 Å². The molecule has 1 aromatic carbocycles. The molecule has 0 heterocycles. The maximum Gasteiger partial charge on any atom is 0.379 e. The molecule has 4 nitrogen and oxygen atoms in total. The zero-order chi connectivity index (χ0) is 15.4. The summed E-state index contributed by atoms with van der Waals surface area (Å²) in [5, 5.41) is 0. The number of rotatable bonds is 3. The molecule has 0 atom stereocenters. The summed E-state index contributed by atoms with van der Waals surface area (Å²) in [5.74, 6) is -0.395. The van der Waals surface area contributed by atoms with E-state index in [1.807, 2.05) is 69.6 Å². The first-order valence-corrected chi connectivity index (χ1v) is 13.4. The van der Waals surface area contributed by atoms with Gasteiger partial charge in [-0.3, -0.25) is 0 Å². The van der Waals surface area contributed by atoms with E-state index in [9.17, 15) is 4.79 Å². The van der Waals surface area contributed by atoms with Gasteiger partial charge in [-0.15, -0.1) is 0 Å². The standard InChI is InChI=1S/C14H23NO3Si2/c1-19(2,3)17-13(14(16)18-20(4,5)6)15-12-10-8-7-9-11-12/h7-11H,1-6H3. The number of benzene rings is 1.